The molecule has 4 rings (SSSR count). The highest BCUT2D eigenvalue weighted by Gasteiger charge is 2.26. The summed E-state index contributed by atoms with van der Waals surface area (Å²) in [5.74, 6) is 1.52. The third kappa shape index (κ3) is 4.17. The number of carbonyl (C=O) groups excluding carboxylic acids is 1. The number of rotatable bonds is 7. The van der Waals surface area contributed by atoms with E-state index in [2.05, 4.69) is 40.8 Å². The SMILES string of the molecule is CCCc1cc(N2CCC(N(CC)c3ccccn3)CC2)nc2sc(C(N)=O)c(N)c12. The molecule has 0 saturated carbocycles. The molecule has 0 aromatic carbocycles. The minimum absolute atomic E-state index is 0.407. The van der Waals surface area contributed by atoms with Crippen molar-refractivity contribution in [3.05, 3.63) is 40.9 Å². The van der Waals surface area contributed by atoms with Crippen LogP contribution in [-0.2, 0) is 6.42 Å². The number of nitrogen functional groups attached to an aromatic ring is 1. The van der Waals surface area contributed by atoms with Gasteiger partial charge in [-0.15, -0.1) is 11.3 Å². The van der Waals surface area contributed by atoms with E-state index < -0.39 is 5.91 Å². The molecule has 164 valence electrons. The molecule has 3 aromatic heterocycles. The second-order valence-corrected chi connectivity index (χ2v) is 8.97. The van der Waals surface area contributed by atoms with Crippen LogP contribution in [0.2, 0.25) is 0 Å². The zero-order valence-corrected chi connectivity index (χ0v) is 19.0. The minimum atomic E-state index is -0.487. The molecule has 1 saturated heterocycles. The van der Waals surface area contributed by atoms with Crippen molar-refractivity contribution in [2.24, 2.45) is 5.73 Å². The number of nitrogens with zero attached hydrogens (tertiary/aromatic N) is 4. The fourth-order valence-corrected chi connectivity index (χ4v) is 5.52. The van der Waals surface area contributed by atoms with E-state index in [1.54, 1.807) is 0 Å². The van der Waals surface area contributed by atoms with Crippen LogP contribution >= 0.6 is 11.3 Å². The van der Waals surface area contributed by atoms with E-state index in [0.717, 1.165) is 72.7 Å². The Kier molecular flexibility index (Phi) is 6.27. The summed E-state index contributed by atoms with van der Waals surface area (Å²) in [4.78, 5) is 27.2. The van der Waals surface area contributed by atoms with Crippen molar-refractivity contribution in [1.82, 2.24) is 9.97 Å². The Bertz CT molecular complexity index is 1060. The summed E-state index contributed by atoms with van der Waals surface area (Å²) in [7, 11) is 0. The molecule has 1 aliphatic heterocycles. The van der Waals surface area contributed by atoms with E-state index in [1.807, 2.05) is 18.3 Å². The standard InChI is InChI=1S/C23H30N6OS/c1-3-7-15-14-18(27-23-19(15)20(24)21(31-23)22(25)30)28-12-9-16(10-13-28)29(4-2)17-8-5-6-11-26-17/h5-6,8,11,14,16H,3-4,7,9-10,12-13,24H2,1-2H3,(H2,25,30). The Morgan fingerprint density at radius 1 is 1.29 bits per heavy atom. The molecule has 0 bridgehead atoms. The van der Waals surface area contributed by atoms with Gasteiger partial charge in [-0.2, -0.15) is 0 Å². The van der Waals surface area contributed by atoms with Gasteiger partial charge < -0.3 is 21.3 Å². The van der Waals surface area contributed by atoms with E-state index in [-0.39, 0.29) is 0 Å². The van der Waals surface area contributed by atoms with Gasteiger partial charge in [-0.3, -0.25) is 4.79 Å². The van der Waals surface area contributed by atoms with Gasteiger partial charge in [0, 0.05) is 37.3 Å². The summed E-state index contributed by atoms with van der Waals surface area (Å²) in [5, 5.41) is 0.895. The van der Waals surface area contributed by atoms with Gasteiger partial charge in [0.1, 0.15) is 21.3 Å². The minimum Gasteiger partial charge on any atom is -0.397 e. The molecule has 3 aromatic rings. The summed E-state index contributed by atoms with van der Waals surface area (Å²) in [6.07, 6.45) is 5.84. The molecule has 0 radical (unpaired) electrons. The van der Waals surface area contributed by atoms with E-state index in [0.29, 0.717) is 16.6 Å². The van der Waals surface area contributed by atoms with Gasteiger partial charge in [0.05, 0.1) is 5.69 Å². The number of aryl methyl sites for hydroxylation is 1. The van der Waals surface area contributed by atoms with Crippen LogP contribution in [0.25, 0.3) is 10.2 Å². The van der Waals surface area contributed by atoms with Crippen LogP contribution in [0.4, 0.5) is 17.3 Å². The maximum absolute atomic E-state index is 11.8. The number of hydrogen-bond acceptors (Lipinski definition) is 7. The lowest BCUT2D eigenvalue weighted by Crippen LogP contribution is -2.45. The Balaban J connectivity index is 1.58. The van der Waals surface area contributed by atoms with Crippen molar-refractivity contribution < 1.29 is 4.79 Å². The molecule has 4 heterocycles. The number of piperidine rings is 1. The molecular weight excluding hydrogens is 408 g/mol. The molecule has 0 aliphatic carbocycles. The van der Waals surface area contributed by atoms with Crippen molar-refractivity contribution in [3.63, 3.8) is 0 Å². The van der Waals surface area contributed by atoms with E-state index in [9.17, 15) is 4.79 Å². The Labute approximate surface area is 187 Å². The van der Waals surface area contributed by atoms with Crippen molar-refractivity contribution in [2.45, 2.75) is 45.6 Å². The molecule has 1 fully saturated rings. The van der Waals surface area contributed by atoms with Gasteiger partial charge in [-0.25, -0.2) is 9.97 Å². The van der Waals surface area contributed by atoms with Crippen LogP contribution in [-0.4, -0.2) is 41.6 Å². The van der Waals surface area contributed by atoms with Gasteiger partial charge in [-0.1, -0.05) is 19.4 Å². The first-order valence-corrected chi connectivity index (χ1v) is 11.8. The number of hydrogen-bond donors (Lipinski definition) is 2. The zero-order chi connectivity index (χ0) is 22.0. The molecule has 1 aliphatic rings. The molecular formula is C23H30N6OS. The molecule has 8 heteroatoms. The average Bonchev–Trinajstić information content (AvgIpc) is 3.13. The van der Waals surface area contributed by atoms with E-state index in [1.165, 1.54) is 11.3 Å². The molecule has 0 atom stereocenters. The second-order valence-electron chi connectivity index (χ2n) is 7.97. The number of amides is 1. The maximum atomic E-state index is 11.8. The summed E-state index contributed by atoms with van der Waals surface area (Å²) in [6, 6.07) is 8.70. The highest BCUT2D eigenvalue weighted by molar-refractivity contribution is 7.21. The number of pyridine rings is 2. The number of nitrogens with two attached hydrogens (primary N) is 2. The highest BCUT2D eigenvalue weighted by atomic mass is 32.1. The van der Waals surface area contributed by atoms with Gasteiger partial charge >= 0.3 is 0 Å². The summed E-state index contributed by atoms with van der Waals surface area (Å²) >= 11 is 1.30. The van der Waals surface area contributed by atoms with Gasteiger partial charge in [0.25, 0.3) is 5.91 Å². The number of primary amides is 1. The van der Waals surface area contributed by atoms with Gasteiger partial charge in [0.15, 0.2) is 0 Å². The maximum Gasteiger partial charge on any atom is 0.260 e. The lowest BCUT2D eigenvalue weighted by atomic mass is 10.0. The fraction of sp³-hybridized carbons (Fsp3) is 0.435. The zero-order valence-electron chi connectivity index (χ0n) is 18.2. The summed E-state index contributed by atoms with van der Waals surface area (Å²) < 4.78 is 0. The number of carbonyl (C=O) groups is 1. The smallest absolute Gasteiger partial charge is 0.260 e. The van der Waals surface area contributed by atoms with Crippen molar-refractivity contribution in [3.8, 4) is 0 Å². The van der Waals surface area contributed by atoms with E-state index in [4.69, 9.17) is 16.5 Å². The van der Waals surface area contributed by atoms with E-state index >= 15 is 0 Å². The lowest BCUT2D eigenvalue weighted by molar-refractivity contribution is 0.100. The van der Waals surface area contributed by atoms with Crippen LogP contribution in [0, 0.1) is 0 Å². The molecule has 0 spiro atoms. The van der Waals surface area contributed by atoms with Gasteiger partial charge in [-0.05, 0) is 49.9 Å². The number of aromatic nitrogens is 2. The predicted molar refractivity (Wildman–Crippen MR) is 129 cm³/mol. The molecule has 1 amide bonds. The summed E-state index contributed by atoms with van der Waals surface area (Å²) in [6.45, 7) is 7.14. The molecule has 7 nitrogen and oxygen atoms in total. The first kappa shape index (κ1) is 21.4. The number of thiophene rings is 1. The van der Waals surface area contributed by atoms with Crippen LogP contribution in [0.3, 0.4) is 0 Å². The topological polar surface area (TPSA) is 101 Å². The van der Waals surface area contributed by atoms with Crippen molar-refractivity contribution in [1.29, 1.82) is 0 Å². The Morgan fingerprint density at radius 2 is 2.06 bits per heavy atom. The number of anilines is 3. The third-order valence-electron chi connectivity index (χ3n) is 6.02. The van der Waals surface area contributed by atoms with Crippen LogP contribution in [0.15, 0.2) is 30.5 Å². The van der Waals surface area contributed by atoms with Crippen LogP contribution < -0.4 is 21.3 Å². The summed E-state index contributed by atoms with van der Waals surface area (Å²) in [5.41, 5.74) is 13.4. The second kappa shape index (κ2) is 9.09. The average molecular weight is 439 g/mol. The first-order chi connectivity index (χ1) is 15.0. The van der Waals surface area contributed by atoms with Gasteiger partial charge in [0.2, 0.25) is 0 Å². The Hall–Kier alpha value is -2.87. The van der Waals surface area contributed by atoms with Crippen molar-refractivity contribution >= 4 is 44.8 Å². The van der Waals surface area contributed by atoms with Crippen LogP contribution in [0.5, 0.6) is 0 Å². The normalized spacial score (nSPS) is 14.8. The molecule has 0 unspecified atom stereocenters. The van der Waals surface area contributed by atoms with Crippen molar-refractivity contribution in [2.75, 3.05) is 35.2 Å². The lowest BCUT2D eigenvalue weighted by Gasteiger charge is -2.39. The quantitative estimate of drug-likeness (QED) is 0.581. The molecule has 4 N–H and O–H groups in total. The Morgan fingerprint density at radius 3 is 2.68 bits per heavy atom. The monoisotopic (exact) mass is 438 g/mol. The van der Waals surface area contributed by atoms with Crippen LogP contribution in [0.1, 0.15) is 48.3 Å². The largest absolute Gasteiger partial charge is 0.397 e. The first-order valence-electron chi connectivity index (χ1n) is 11.0. The third-order valence-corrected chi connectivity index (χ3v) is 7.14. The highest BCUT2D eigenvalue weighted by Crippen LogP contribution is 2.37. The fourth-order valence-electron chi connectivity index (χ4n) is 4.53. The molecule has 31 heavy (non-hydrogen) atoms. The predicted octanol–water partition coefficient (Wildman–Crippen LogP) is 3.82. The number of fused-ring (bicyclic) bond motifs is 1.